The number of anilines is 2. The standard InChI is InChI=1S/C20H25N3O2/c1-25-19-11-10-16(13-17(19)21)22-20(24)18-9-5-6-12-23(18)14-15-7-3-2-4-8-15/h2-4,7-8,10-11,13,18H,5-6,9,12,14,21H2,1H3,(H,22,24). The van der Waals surface area contributed by atoms with E-state index in [4.69, 9.17) is 10.5 Å². The van der Waals surface area contributed by atoms with E-state index in [1.54, 1.807) is 19.2 Å². The van der Waals surface area contributed by atoms with Crippen molar-refractivity contribution in [1.29, 1.82) is 0 Å². The molecular formula is C20H25N3O2. The summed E-state index contributed by atoms with van der Waals surface area (Å²) in [7, 11) is 1.58. The Morgan fingerprint density at radius 1 is 1.24 bits per heavy atom. The van der Waals surface area contributed by atoms with E-state index >= 15 is 0 Å². The zero-order valence-corrected chi connectivity index (χ0v) is 14.6. The molecule has 1 heterocycles. The van der Waals surface area contributed by atoms with Gasteiger partial charge in [0.1, 0.15) is 5.75 Å². The van der Waals surface area contributed by atoms with Crippen LogP contribution in [0.2, 0.25) is 0 Å². The molecular weight excluding hydrogens is 314 g/mol. The topological polar surface area (TPSA) is 67.6 Å². The van der Waals surface area contributed by atoms with Gasteiger partial charge in [-0.2, -0.15) is 0 Å². The van der Waals surface area contributed by atoms with Gasteiger partial charge in [-0.05, 0) is 43.1 Å². The Bertz CT molecular complexity index is 718. The first-order valence-corrected chi connectivity index (χ1v) is 8.70. The molecule has 1 amide bonds. The minimum absolute atomic E-state index is 0.0280. The maximum absolute atomic E-state index is 12.8. The molecule has 2 aromatic carbocycles. The van der Waals surface area contributed by atoms with Crippen molar-refractivity contribution in [3.05, 3.63) is 54.1 Å². The summed E-state index contributed by atoms with van der Waals surface area (Å²) in [6.45, 7) is 1.74. The third kappa shape index (κ3) is 4.31. The molecule has 0 aromatic heterocycles. The molecule has 1 unspecified atom stereocenters. The number of hydrogen-bond donors (Lipinski definition) is 2. The minimum Gasteiger partial charge on any atom is -0.495 e. The first kappa shape index (κ1) is 17.3. The van der Waals surface area contributed by atoms with Gasteiger partial charge in [-0.15, -0.1) is 0 Å². The maximum atomic E-state index is 12.8. The van der Waals surface area contributed by atoms with E-state index in [9.17, 15) is 4.79 Å². The third-order valence-electron chi connectivity index (χ3n) is 4.64. The maximum Gasteiger partial charge on any atom is 0.241 e. The van der Waals surface area contributed by atoms with Crippen molar-refractivity contribution in [1.82, 2.24) is 4.90 Å². The number of rotatable bonds is 5. The fourth-order valence-electron chi connectivity index (χ4n) is 3.33. The van der Waals surface area contributed by atoms with Crippen LogP contribution in [0.1, 0.15) is 24.8 Å². The van der Waals surface area contributed by atoms with E-state index in [2.05, 4.69) is 22.3 Å². The van der Waals surface area contributed by atoms with Gasteiger partial charge in [-0.3, -0.25) is 9.69 Å². The van der Waals surface area contributed by atoms with Gasteiger partial charge >= 0.3 is 0 Å². The van der Waals surface area contributed by atoms with Crippen molar-refractivity contribution < 1.29 is 9.53 Å². The van der Waals surface area contributed by atoms with Crippen LogP contribution in [0.5, 0.6) is 5.75 Å². The zero-order chi connectivity index (χ0) is 17.6. The molecule has 2 aromatic rings. The predicted molar refractivity (Wildman–Crippen MR) is 101 cm³/mol. The van der Waals surface area contributed by atoms with Crippen molar-refractivity contribution in [3.8, 4) is 5.75 Å². The molecule has 0 radical (unpaired) electrons. The Labute approximate surface area is 148 Å². The number of likely N-dealkylation sites (tertiary alicyclic amines) is 1. The highest BCUT2D eigenvalue weighted by Crippen LogP contribution is 2.26. The van der Waals surface area contributed by atoms with Gasteiger partial charge in [-0.1, -0.05) is 36.8 Å². The summed E-state index contributed by atoms with van der Waals surface area (Å²) in [6, 6.07) is 15.5. The zero-order valence-electron chi connectivity index (χ0n) is 14.6. The Balaban J connectivity index is 1.69. The number of carbonyl (C=O) groups is 1. The molecule has 0 aliphatic carbocycles. The Morgan fingerprint density at radius 3 is 2.76 bits per heavy atom. The van der Waals surface area contributed by atoms with E-state index in [1.165, 1.54) is 5.56 Å². The first-order valence-electron chi connectivity index (χ1n) is 8.70. The summed E-state index contributed by atoms with van der Waals surface area (Å²) >= 11 is 0. The average molecular weight is 339 g/mol. The van der Waals surface area contributed by atoms with E-state index in [-0.39, 0.29) is 11.9 Å². The molecule has 0 saturated carbocycles. The van der Waals surface area contributed by atoms with Crippen molar-refractivity contribution in [3.63, 3.8) is 0 Å². The number of nitrogens with two attached hydrogens (primary N) is 1. The monoisotopic (exact) mass is 339 g/mol. The number of nitrogens with one attached hydrogen (secondary N) is 1. The van der Waals surface area contributed by atoms with Crippen LogP contribution >= 0.6 is 0 Å². The highest BCUT2D eigenvalue weighted by atomic mass is 16.5. The van der Waals surface area contributed by atoms with Crippen LogP contribution in [0.15, 0.2) is 48.5 Å². The molecule has 0 spiro atoms. The summed E-state index contributed by atoms with van der Waals surface area (Å²) in [6.07, 6.45) is 3.09. The third-order valence-corrected chi connectivity index (χ3v) is 4.64. The molecule has 5 heteroatoms. The van der Waals surface area contributed by atoms with Gasteiger partial charge in [0, 0.05) is 12.2 Å². The summed E-state index contributed by atoms with van der Waals surface area (Å²) in [5.41, 5.74) is 8.38. The van der Waals surface area contributed by atoms with Crippen LogP contribution in [0.25, 0.3) is 0 Å². The molecule has 1 saturated heterocycles. The molecule has 3 N–H and O–H groups in total. The Hall–Kier alpha value is -2.53. The Morgan fingerprint density at radius 2 is 2.04 bits per heavy atom. The lowest BCUT2D eigenvalue weighted by molar-refractivity contribution is -0.122. The molecule has 1 atom stereocenters. The number of hydrogen-bond acceptors (Lipinski definition) is 4. The number of nitrogen functional groups attached to an aromatic ring is 1. The molecule has 5 nitrogen and oxygen atoms in total. The summed E-state index contributed by atoms with van der Waals surface area (Å²) < 4.78 is 5.16. The summed E-state index contributed by atoms with van der Waals surface area (Å²) in [4.78, 5) is 15.1. The van der Waals surface area contributed by atoms with Crippen LogP contribution in [0, 0.1) is 0 Å². The van der Waals surface area contributed by atoms with Gasteiger partial charge in [-0.25, -0.2) is 0 Å². The second kappa shape index (κ2) is 8.03. The van der Waals surface area contributed by atoms with Crippen LogP contribution in [-0.2, 0) is 11.3 Å². The lowest BCUT2D eigenvalue weighted by Gasteiger charge is -2.34. The number of methoxy groups -OCH3 is 1. The minimum atomic E-state index is -0.114. The van der Waals surface area contributed by atoms with Crippen molar-refractivity contribution >= 4 is 17.3 Å². The lowest BCUT2D eigenvalue weighted by Crippen LogP contribution is -2.46. The molecule has 25 heavy (non-hydrogen) atoms. The lowest BCUT2D eigenvalue weighted by atomic mass is 10.00. The molecule has 1 aliphatic rings. The highest BCUT2D eigenvalue weighted by Gasteiger charge is 2.28. The van der Waals surface area contributed by atoms with Crippen molar-refractivity contribution in [2.75, 3.05) is 24.7 Å². The fraction of sp³-hybridized carbons (Fsp3) is 0.350. The number of piperidine rings is 1. The molecule has 0 bridgehead atoms. The molecule has 1 fully saturated rings. The number of nitrogens with zero attached hydrogens (tertiary/aromatic N) is 1. The normalized spacial score (nSPS) is 17.9. The van der Waals surface area contributed by atoms with Gasteiger partial charge in [0.05, 0.1) is 18.8 Å². The van der Waals surface area contributed by atoms with E-state index in [0.29, 0.717) is 17.1 Å². The fourth-order valence-corrected chi connectivity index (χ4v) is 3.33. The van der Waals surface area contributed by atoms with Crippen LogP contribution in [0.3, 0.4) is 0 Å². The summed E-state index contributed by atoms with van der Waals surface area (Å²) in [5.74, 6) is 0.640. The van der Waals surface area contributed by atoms with Gasteiger partial charge < -0.3 is 15.8 Å². The van der Waals surface area contributed by atoms with E-state index in [1.807, 2.05) is 24.3 Å². The van der Waals surface area contributed by atoms with Crippen molar-refractivity contribution in [2.45, 2.75) is 31.8 Å². The van der Waals surface area contributed by atoms with Crippen LogP contribution < -0.4 is 15.8 Å². The van der Waals surface area contributed by atoms with Gasteiger partial charge in [0.15, 0.2) is 0 Å². The van der Waals surface area contributed by atoms with E-state index < -0.39 is 0 Å². The van der Waals surface area contributed by atoms with Crippen LogP contribution in [0.4, 0.5) is 11.4 Å². The second-order valence-corrected chi connectivity index (χ2v) is 6.41. The predicted octanol–water partition coefficient (Wildman–Crippen LogP) is 3.27. The average Bonchev–Trinajstić information content (AvgIpc) is 2.63. The van der Waals surface area contributed by atoms with Crippen LogP contribution in [-0.4, -0.2) is 30.5 Å². The largest absolute Gasteiger partial charge is 0.495 e. The smallest absolute Gasteiger partial charge is 0.241 e. The number of benzene rings is 2. The molecule has 1 aliphatic heterocycles. The SMILES string of the molecule is COc1ccc(NC(=O)C2CCCCN2Cc2ccccc2)cc1N. The quantitative estimate of drug-likeness (QED) is 0.821. The summed E-state index contributed by atoms with van der Waals surface area (Å²) in [5, 5.41) is 3.00. The van der Waals surface area contributed by atoms with E-state index in [0.717, 1.165) is 32.4 Å². The first-order chi connectivity index (χ1) is 12.2. The molecule has 3 rings (SSSR count). The number of carbonyl (C=O) groups excluding carboxylic acids is 1. The van der Waals surface area contributed by atoms with Gasteiger partial charge in [0.25, 0.3) is 0 Å². The molecule has 132 valence electrons. The highest BCUT2D eigenvalue weighted by molar-refractivity contribution is 5.95. The second-order valence-electron chi connectivity index (χ2n) is 6.41. The number of amides is 1. The van der Waals surface area contributed by atoms with Gasteiger partial charge in [0.2, 0.25) is 5.91 Å². The number of ether oxygens (including phenoxy) is 1. The van der Waals surface area contributed by atoms with Crippen molar-refractivity contribution in [2.24, 2.45) is 0 Å². The Kier molecular flexibility index (Phi) is 5.56.